The van der Waals surface area contributed by atoms with E-state index in [1.165, 1.54) is 6.42 Å². The van der Waals surface area contributed by atoms with E-state index in [9.17, 15) is 4.79 Å². The van der Waals surface area contributed by atoms with Crippen molar-refractivity contribution in [3.63, 3.8) is 0 Å². The summed E-state index contributed by atoms with van der Waals surface area (Å²) in [5.41, 5.74) is -0.0945. The van der Waals surface area contributed by atoms with Crippen molar-refractivity contribution in [2.45, 2.75) is 24.9 Å². The Morgan fingerprint density at radius 2 is 2.19 bits per heavy atom. The van der Waals surface area contributed by atoms with Crippen LogP contribution in [-0.4, -0.2) is 18.0 Å². The van der Waals surface area contributed by atoms with Gasteiger partial charge in [-0.3, -0.25) is 4.79 Å². The molecule has 0 amide bonds. The third-order valence-corrected chi connectivity index (χ3v) is 4.96. The van der Waals surface area contributed by atoms with E-state index in [0.717, 1.165) is 19.4 Å². The number of carbonyl (C=O) groups excluding carboxylic acids is 1. The highest BCUT2D eigenvalue weighted by Crippen LogP contribution is 2.57. The Kier molecular flexibility index (Phi) is 1.64. The predicted molar refractivity (Wildman–Crippen MR) is 59.8 cm³/mol. The fourth-order valence-electron chi connectivity index (χ4n) is 4.40. The van der Waals surface area contributed by atoms with Crippen LogP contribution in [0.1, 0.15) is 19.3 Å². The van der Waals surface area contributed by atoms with Crippen molar-refractivity contribution in [2.24, 2.45) is 23.7 Å². The number of hydrogen-bond donors (Lipinski definition) is 0. The lowest BCUT2D eigenvalue weighted by Crippen LogP contribution is -2.47. The topological polar surface area (TPSA) is 26.3 Å². The minimum atomic E-state index is -0.0945. The lowest BCUT2D eigenvalue weighted by Gasteiger charge is -2.42. The third-order valence-electron chi connectivity index (χ3n) is 4.96. The second-order valence-electron chi connectivity index (χ2n) is 5.64. The molecule has 2 bridgehead atoms. The Morgan fingerprint density at radius 3 is 3.00 bits per heavy atom. The Bertz CT molecular complexity index is 401. The van der Waals surface area contributed by atoms with Crippen molar-refractivity contribution in [3.8, 4) is 0 Å². The molecule has 1 saturated heterocycles. The maximum atomic E-state index is 12.0. The first kappa shape index (κ1) is 9.17. The molecule has 0 aromatic carbocycles. The molecule has 3 aliphatic carbocycles. The highest BCUT2D eigenvalue weighted by molar-refractivity contribution is 5.94. The van der Waals surface area contributed by atoms with Gasteiger partial charge < -0.3 is 4.74 Å². The van der Waals surface area contributed by atoms with Gasteiger partial charge in [-0.15, -0.1) is 0 Å². The van der Waals surface area contributed by atoms with Gasteiger partial charge in [-0.25, -0.2) is 0 Å². The van der Waals surface area contributed by atoms with Crippen molar-refractivity contribution in [1.29, 1.82) is 0 Å². The van der Waals surface area contributed by atoms with Crippen molar-refractivity contribution >= 4 is 5.78 Å². The van der Waals surface area contributed by atoms with Crippen molar-refractivity contribution < 1.29 is 9.53 Å². The van der Waals surface area contributed by atoms with Gasteiger partial charge in [0, 0.05) is 18.4 Å². The van der Waals surface area contributed by atoms with Gasteiger partial charge in [-0.2, -0.15) is 0 Å². The first-order valence-electron chi connectivity index (χ1n) is 6.36. The monoisotopic (exact) mass is 216 g/mol. The van der Waals surface area contributed by atoms with E-state index in [1.807, 2.05) is 0 Å². The summed E-state index contributed by atoms with van der Waals surface area (Å²) in [5, 5.41) is 0. The average Bonchev–Trinajstić information content (AvgIpc) is 2.99. The second kappa shape index (κ2) is 2.86. The largest absolute Gasteiger partial charge is 0.371 e. The van der Waals surface area contributed by atoms with Crippen LogP contribution in [0.2, 0.25) is 0 Å². The molecule has 1 spiro atoms. The molecule has 5 atom stereocenters. The Balaban J connectivity index is 1.83. The van der Waals surface area contributed by atoms with Crippen LogP contribution in [0.4, 0.5) is 0 Å². The molecule has 0 unspecified atom stereocenters. The maximum absolute atomic E-state index is 12.0. The zero-order chi connectivity index (χ0) is 10.8. The molecule has 0 radical (unpaired) electrons. The first-order chi connectivity index (χ1) is 7.80. The van der Waals surface area contributed by atoms with Crippen LogP contribution in [0, 0.1) is 23.7 Å². The van der Waals surface area contributed by atoms with Crippen LogP contribution >= 0.6 is 0 Å². The molecule has 2 fully saturated rings. The minimum absolute atomic E-state index is 0.0945. The molecular formula is C14H16O2. The molecule has 16 heavy (non-hydrogen) atoms. The lowest BCUT2D eigenvalue weighted by atomic mass is 9.66. The predicted octanol–water partition coefficient (Wildman–Crippen LogP) is 2.11. The van der Waals surface area contributed by atoms with E-state index >= 15 is 0 Å². The van der Waals surface area contributed by atoms with Gasteiger partial charge in [0.25, 0.3) is 0 Å². The molecule has 4 rings (SSSR count). The molecule has 0 aromatic rings. The first-order valence-corrected chi connectivity index (χ1v) is 6.36. The lowest BCUT2D eigenvalue weighted by molar-refractivity contribution is -0.126. The SMILES string of the molecule is O=C1C=C[C@]2(CCCO2)[C@@H]2[C@H]1[C@H]1C=C[C@@H]2C1. The quantitative estimate of drug-likeness (QED) is 0.580. The van der Waals surface area contributed by atoms with E-state index in [2.05, 4.69) is 18.2 Å². The van der Waals surface area contributed by atoms with Crippen LogP contribution < -0.4 is 0 Å². The van der Waals surface area contributed by atoms with Crippen LogP contribution in [-0.2, 0) is 9.53 Å². The van der Waals surface area contributed by atoms with E-state index in [4.69, 9.17) is 4.74 Å². The van der Waals surface area contributed by atoms with Crippen LogP contribution in [0.5, 0.6) is 0 Å². The molecule has 2 nitrogen and oxygen atoms in total. The average molecular weight is 216 g/mol. The smallest absolute Gasteiger partial charge is 0.159 e. The number of rotatable bonds is 0. The fraction of sp³-hybridized carbons (Fsp3) is 0.643. The highest BCUT2D eigenvalue weighted by atomic mass is 16.5. The molecule has 2 heteroatoms. The van der Waals surface area contributed by atoms with E-state index in [-0.39, 0.29) is 11.5 Å². The minimum Gasteiger partial charge on any atom is -0.371 e. The van der Waals surface area contributed by atoms with Gasteiger partial charge in [-0.1, -0.05) is 12.2 Å². The van der Waals surface area contributed by atoms with Crippen LogP contribution in [0.25, 0.3) is 0 Å². The standard InChI is InChI=1S/C14H16O2/c15-11-4-6-14(5-1-7-16-14)13-10-3-2-9(8-10)12(11)13/h2-4,6,9-10,12-13H,1,5,7-8H2/t9-,10+,12-,13-,14+/m0/s1. The molecule has 1 heterocycles. The number of carbonyl (C=O) groups is 1. The van der Waals surface area contributed by atoms with E-state index < -0.39 is 0 Å². The van der Waals surface area contributed by atoms with Gasteiger partial charge in [0.15, 0.2) is 5.78 Å². The van der Waals surface area contributed by atoms with E-state index in [1.54, 1.807) is 6.08 Å². The van der Waals surface area contributed by atoms with Crippen molar-refractivity contribution in [1.82, 2.24) is 0 Å². The summed E-state index contributed by atoms with van der Waals surface area (Å²) in [6.45, 7) is 0.864. The van der Waals surface area contributed by atoms with Gasteiger partial charge >= 0.3 is 0 Å². The Hall–Kier alpha value is -0.890. The molecule has 1 saturated carbocycles. The summed E-state index contributed by atoms with van der Waals surface area (Å²) in [6, 6.07) is 0. The molecule has 84 valence electrons. The number of ketones is 1. The molecule has 0 aromatic heterocycles. The fourth-order valence-corrected chi connectivity index (χ4v) is 4.40. The van der Waals surface area contributed by atoms with Gasteiger partial charge in [0.2, 0.25) is 0 Å². The molecule has 4 aliphatic rings. The Morgan fingerprint density at radius 1 is 1.31 bits per heavy atom. The molecule has 1 aliphatic heterocycles. The highest BCUT2D eigenvalue weighted by Gasteiger charge is 2.58. The summed E-state index contributed by atoms with van der Waals surface area (Å²) >= 11 is 0. The van der Waals surface area contributed by atoms with E-state index in [0.29, 0.717) is 23.5 Å². The van der Waals surface area contributed by atoms with Gasteiger partial charge in [0.1, 0.15) is 0 Å². The molecule has 0 N–H and O–H groups in total. The second-order valence-corrected chi connectivity index (χ2v) is 5.64. The van der Waals surface area contributed by atoms with Gasteiger partial charge in [0.05, 0.1) is 5.60 Å². The van der Waals surface area contributed by atoms with Crippen molar-refractivity contribution in [2.75, 3.05) is 6.61 Å². The summed E-state index contributed by atoms with van der Waals surface area (Å²) in [7, 11) is 0. The normalized spacial score (nSPS) is 52.9. The van der Waals surface area contributed by atoms with Crippen LogP contribution in [0.15, 0.2) is 24.3 Å². The zero-order valence-corrected chi connectivity index (χ0v) is 9.26. The van der Waals surface area contributed by atoms with Crippen molar-refractivity contribution in [3.05, 3.63) is 24.3 Å². The summed E-state index contributed by atoms with van der Waals surface area (Å²) in [6.07, 6.45) is 11.9. The summed E-state index contributed by atoms with van der Waals surface area (Å²) in [4.78, 5) is 12.0. The summed E-state index contributed by atoms with van der Waals surface area (Å²) in [5.74, 6) is 2.07. The Labute approximate surface area is 95.4 Å². The van der Waals surface area contributed by atoms with Crippen LogP contribution in [0.3, 0.4) is 0 Å². The number of fused-ring (bicyclic) bond motifs is 6. The number of hydrogen-bond acceptors (Lipinski definition) is 2. The number of allylic oxidation sites excluding steroid dienone is 3. The number of ether oxygens (including phenoxy) is 1. The molecular weight excluding hydrogens is 200 g/mol. The zero-order valence-electron chi connectivity index (χ0n) is 9.26. The third kappa shape index (κ3) is 0.945. The summed E-state index contributed by atoms with van der Waals surface area (Å²) < 4.78 is 6.02. The van der Waals surface area contributed by atoms with Gasteiger partial charge in [-0.05, 0) is 43.3 Å². The maximum Gasteiger partial charge on any atom is 0.159 e.